The van der Waals surface area contributed by atoms with Crippen LogP contribution in [0.25, 0.3) is 0 Å². The summed E-state index contributed by atoms with van der Waals surface area (Å²) in [5.74, 6) is 1.12. The van der Waals surface area contributed by atoms with Gasteiger partial charge in [0.05, 0.1) is 17.6 Å². The number of anilines is 1. The van der Waals surface area contributed by atoms with Gasteiger partial charge in [0.1, 0.15) is 4.47 Å². The molecule has 6 nitrogen and oxygen atoms in total. The van der Waals surface area contributed by atoms with Crippen LogP contribution in [0, 0.1) is 0 Å². The molecule has 0 atom stereocenters. The molecule has 0 aliphatic carbocycles. The lowest BCUT2D eigenvalue weighted by molar-refractivity contribution is 0.703. The van der Waals surface area contributed by atoms with Crippen molar-refractivity contribution in [1.29, 1.82) is 0 Å². The fourth-order valence-corrected chi connectivity index (χ4v) is 3.50. The van der Waals surface area contributed by atoms with Crippen LogP contribution in [0.3, 0.4) is 0 Å². The third kappa shape index (κ3) is 2.62. The standard InChI is InChI=1S/C12H14BrN5OS/c1-17-11(19)10(13)9(6-15-17)14-3-2-8-7-18-4-5-20-12(18)16-8/h6-7,14H,2-5H2,1H3. The molecule has 0 aromatic carbocycles. The van der Waals surface area contributed by atoms with Crippen molar-refractivity contribution in [2.75, 3.05) is 17.6 Å². The minimum Gasteiger partial charge on any atom is -0.382 e. The molecular formula is C12H14BrN5OS. The first-order valence-corrected chi connectivity index (χ1v) is 8.07. The average Bonchev–Trinajstić information content (AvgIpc) is 3.00. The number of rotatable bonds is 4. The van der Waals surface area contributed by atoms with Gasteiger partial charge in [-0.15, -0.1) is 0 Å². The molecule has 1 aliphatic rings. The maximum Gasteiger partial charge on any atom is 0.282 e. The van der Waals surface area contributed by atoms with Crippen molar-refractivity contribution in [2.45, 2.75) is 18.1 Å². The first kappa shape index (κ1) is 13.7. The molecule has 0 unspecified atom stereocenters. The summed E-state index contributed by atoms with van der Waals surface area (Å²) < 4.78 is 4.00. The second kappa shape index (κ2) is 5.61. The predicted octanol–water partition coefficient (Wildman–Crippen LogP) is 1.50. The van der Waals surface area contributed by atoms with Crippen LogP contribution in [0.2, 0.25) is 0 Å². The van der Waals surface area contributed by atoms with Crippen LogP contribution in [0.5, 0.6) is 0 Å². The molecule has 1 N–H and O–H groups in total. The van der Waals surface area contributed by atoms with E-state index in [0.717, 1.165) is 29.6 Å². The Morgan fingerprint density at radius 3 is 3.20 bits per heavy atom. The Morgan fingerprint density at radius 1 is 1.55 bits per heavy atom. The van der Waals surface area contributed by atoms with Crippen LogP contribution >= 0.6 is 27.7 Å². The van der Waals surface area contributed by atoms with E-state index in [1.165, 1.54) is 4.68 Å². The number of hydrogen-bond donors (Lipinski definition) is 1. The first-order valence-electron chi connectivity index (χ1n) is 6.29. The van der Waals surface area contributed by atoms with Gasteiger partial charge in [-0.3, -0.25) is 4.79 Å². The van der Waals surface area contributed by atoms with E-state index in [1.54, 1.807) is 25.0 Å². The third-order valence-corrected chi connectivity index (χ3v) is 4.86. The maximum atomic E-state index is 11.7. The van der Waals surface area contributed by atoms with Crippen molar-refractivity contribution in [3.63, 3.8) is 0 Å². The van der Waals surface area contributed by atoms with Crippen LogP contribution < -0.4 is 10.9 Å². The second-order valence-electron chi connectivity index (χ2n) is 4.53. The Hall–Kier alpha value is -1.28. The lowest BCUT2D eigenvalue weighted by Gasteiger charge is -2.07. The lowest BCUT2D eigenvalue weighted by atomic mass is 10.3. The van der Waals surface area contributed by atoms with Crippen molar-refractivity contribution in [1.82, 2.24) is 19.3 Å². The molecule has 2 aromatic heterocycles. The lowest BCUT2D eigenvalue weighted by Crippen LogP contribution is -2.21. The number of nitrogens with zero attached hydrogens (tertiary/aromatic N) is 4. The highest BCUT2D eigenvalue weighted by Gasteiger charge is 2.14. The molecule has 0 saturated heterocycles. The molecule has 2 aromatic rings. The molecule has 106 valence electrons. The molecule has 8 heteroatoms. The van der Waals surface area contributed by atoms with Crippen molar-refractivity contribution in [2.24, 2.45) is 7.05 Å². The van der Waals surface area contributed by atoms with E-state index in [4.69, 9.17) is 0 Å². The summed E-state index contributed by atoms with van der Waals surface area (Å²) in [6.45, 7) is 1.76. The molecular weight excluding hydrogens is 342 g/mol. The number of hydrogen-bond acceptors (Lipinski definition) is 5. The van der Waals surface area contributed by atoms with Gasteiger partial charge in [-0.2, -0.15) is 5.10 Å². The zero-order chi connectivity index (χ0) is 14.1. The zero-order valence-electron chi connectivity index (χ0n) is 11.0. The number of halogens is 1. The third-order valence-electron chi connectivity index (χ3n) is 3.13. The number of imidazole rings is 1. The molecule has 1 aliphatic heterocycles. The second-order valence-corrected chi connectivity index (χ2v) is 6.39. The number of nitrogens with one attached hydrogen (secondary N) is 1. The fourth-order valence-electron chi connectivity index (χ4n) is 2.04. The van der Waals surface area contributed by atoms with E-state index in [1.807, 2.05) is 0 Å². The summed E-state index contributed by atoms with van der Waals surface area (Å²) in [6.07, 6.45) is 4.57. The molecule has 0 amide bonds. The Balaban J connectivity index is 1.62. The van der Waals surface area contributed by atoms with Crippen LogP contribution in [-0.4, -0.2) is 31.6 Å². The predicted molar refractivity (Wildman–Crippen MR) is 82.3 cm³/mol. The maximum absolute atomic E-state index is 11.7. The van der Waals surface area contributed by atoms with Gasteiger partial charge >= 0.3 is 0 Å². The highest BCUT2D eigenvalue weighted by molar-refractivity contribution is 9.10. The summed E-state index contributed by atoms with van der Waals surface area (Å²) in [6, 6.07) is 0. The number of fused-ring (bicyclic) bond motifs is 1. The van der Waals surface area contributed by atoms with E-state index >= 15 is 0 Å². The Morgan fingerprint density at radius 2 is 2.40 bits per heavy atom. The number of aryl methyl sites for hydroxylation is 2. The monoisotopic (exact) mass is 355 g/mol. The van der Waals surface area contributed by atoms with Crippen LogP contribution in [0.1, 0.15) is 5.69 Å². The highest BCUT2D eigenvalue weighted by Crippen LogP contribution is 2.24. The van der Waals surface area contributed by atoms with Gasteiger partial charge in [0.2, 0.25) is 0 Å². The quantitative estimate of drug-likeness (QED) is 0.900. The van der Waals surface area contributed by atoms with E-state index < -0.39 is 0 Å². The van der Waals surface area contributed by atoms with Crippen LogP contribution in [0.15, 0.2) is 26.8 Å². The topological polar surface area (TPSA) is 64.7 Å². The van der Waals surface area contributed by atoms with Crippen molar-refractivity contribution >= 4 is 33.4 Å². The van der Waals surface area contributed by atoms with Gasteiger partial charge in [-0.25, -0.2) is 9.67 Å². The minimum atomic E-state index is -0.146. The molecule has 0 radical (unpaired) electrons. The van der Waals surface area contributed by atoms with Crippen LogP contribution in [0.4, 0.5) is 5.69 Å². The number of aromatic nitrogens is 4. The van der Waals surface area contributed by atoms with E-state index in [-0.39, 0.29) is 5.56 Å². The summed E-state index contributed by atoms with van der Waals surface area (Å²) in [5, 5.41) is 8.32. The summed E-state index contributed by atoms with van der Waals surface area (Å²) in [7, 11) is 1.63. The molecule has 3 rings (SSSR count). The highest BCUT2D eigenvalue weighted by atomic mass is 79.9. The SMILES string of the molecule is Cn1ncc(NCCc2cn3c(n2)SCC3)c(Br)c1=O. The first-order chi connectivity index (χ1) is 9.65. The van der Waals surface area contributed by atoms with Gasteiger partial charge in [-0.05, 0) is 15.9 Å². The van der Waals surface area contributed by atoms with Crippen molar-refractivity contribution in [3.05, 3.63) is 32.9 Å². The minimum absolute atomic E-state index is 0.146. The van der Waals surface area contributed by atoms with E-state index in [0.29, 0.717) is 16.7 Å². The van der Waals surface area contributed by atoms with Gasteiger partial charge in [0.25, 0.3) is 5.56 Å². The number of thioether (sulfide) groups is 1. The van der Waals surface area contributed by atoms with Crippen LogP contribution in [-0.2, 0) is 20.0 Å². The van der Waals surface area contributed by atoms with E-state index in [2.05, 4.69) is 42.1 Å². The zero-order valence-corrected chi connectivity index (χ0v) is 13.4. The largest absolute Gasteiger partial charge is 0.382 e. The molecule has 0 spiro atoms. The van der Waals surface area contributed by atoms with Gasteiger partial charge < -0.3 is 9.88 Å². The van der Waals surface area contributed by atoms with Gasteiger partial charge in [0.15, 0.2) is 5.16 Å². The average molecular weight is 356 g/mol. The molecule has 3 heterocycles. The molecule has 20 heavy (non-hydrogen) atoms. The summed E-state index contributed by atoms with van der Waals surface area (Å²) in [5.41, 5.74) is 1.65. The summed E-state index contributed by atoms with van der Waals surface area (Å²) in [4.78, 5) is 16.3. The van der Waals surface area contributed by atoms with Gasteiger partial charge in [-0.1, -0.05) is 11.8 Å². The molecule has 0 bridgehead atoms. The molecule has 0 saturated carbocycles. The normalized spacial score (nSPS) is 13.5. The Kier molecular flexibility index (Phi) is 3.84. The van der Waals surface area contributed by atoms with E-state index in [9.17, 15) is 4.79 Å². The van der Waals surface area contributed by atoms with Crippen molar-refractivity contribution < 1.29 is 0 Å². The summed E-state index contributed by atoms with van der Waals surface area (Å²) >= 11 is 5.09. The fraction of sp³-hybridized carbons (Fsp3) is 0.417. The Labute approximate surface area is 128 Å². The smallest absolute Gasteiger partial charge is 0.282 e. The Bertz CT molecular complexity index is 674. The van der Waals surface area contributed by atoms with Gasteiger partial charge in [0, 0.05) is 38.5 Å². The van der Waals surface area contributed by atoms with Crippen molar-refractivity contribution in [3.8, 4) is 0 Å². The molecule has 0 fully saturated rings.